The van der Waals surface area contributed by atoms with Gasteiger partial charge in [0.05, 0.1) is 11.4 Å². The minimum atomic E-state index is -3.60. The van der Waals surface area contributed by atoms with Crippen molar-refractivity contribution in [1.29, 1.82) is 0 Å². The number of nitrogens with zero attached hydrogens (tertiary/aromatic N) is 4. The first-order valence-electron chi connectivity index (χ1n) is 10.1. The van der Waals surface area contributed by atoms with Crippen molar-refractivity contribution in [3.05, 3.63) is 88.7 Å². The van der Waals surface area contributed by atoms with Crippen molar-refractivity contribution >= 4 is 27.3 Å². The van der Waals surface area contributed by atoms with Gasteiger partial charge in [-0.1, -0.05) is 23.7 Å². The van der Waals surface area contributed by atoms with E-state index in [0.717, 1.165) is 11.4 Å². The summed E-state index contributed by atoms with van der Waals surface area (Å²) in [6, 6.07) is 15.1. The minimum absolute atomic E-state index is 0.179. The standard InChI is InChI=1S/C23H22ClN5O3S/c1-15-16(2)29(14-25-15)22-12-23(27-17(3)26-22)32-21-9-7-20(8-10-21)28-33(30,31)13-18-5-4-6-19(24)11-18/h4-12,14,28H,13H2,1-3H3. The van der Waals surface area contributed by atoms with Crippen LogP contribution in [0.4, 0.5) is 5.69 Å². The highest BCUT2D eigenvalue weighted by Gasteiger charge is 2.13. The number of halogens is 1. The third-order valence-corrected chi connectivity index (χ3v) is 6.39. The third kappa shape index (κ3) is 5.68. The molecule has 170 valence electrons. The zero-order valence-electron chi connectivity index (χ0n) is 18.3. The van der Waals surface area contributed by atoms with E-state index in [-0.39, 0.29) is 5.75 Å². The average Bonchev–Trinajstić information content (AvgIpc) is 3.07. The summed E-state index contributed by atoms with van der Waals surface area (Å²) in [6.07, 6.45) is 1.71. The van der Waals surface area contributed by atoms with Gasteiger partial charge in [-0.3, -0.25) is 9.29 Å². The van der Waals surface area contributed by atoms with Crippen molar-refractivity contribution in [3.8, 4) is 17.4 Å². The zero-order valence-corrected chi connectivity index (χ0v) is 19.9. The molecule has 0 amide bonds. The van der Waals surface area contributed by atoms with Crippen LogP contribution in [0.3, 0.4) is 0 Å². The highest BCUT2D eigenvalue weighted by atomic mass is 35.5. The Hall–Kier alpha value is -3.43. The van der Waals surface area contributed by atoms with Crippen LogP contribution in [0, 0.1) is 20.8 Å². The predicted molar refractivity (Wildman–Crippen MR) is 128 cm³/mol. The first kappa shape index (κ1) is 22.8. The largest absolute Gasteiger partial charge is 0.439 e. The molecule has 0 radical (unpaired) electrons. The molecule has 0 aliphatic rings. The number of anilines is 1. The quantitative estimate of drug-likeness (QED) is 0.398. The summed E-state index contributed by atoms with van der Waals surface area (Å²) in [5.74, 6) is 1.91. The van der Waals surface area contributed by atoms with Gasteiger partial charge in [0.1, 0.15) is 23.7 Å². The van der Waals surface area contributed by atoms with E-state index in [2.05, 4.69) is 19.7 Å². The van der Waals surface area contributed by atoms with Crippen molar-refractivity contribution in [1.82, 2.24) is 19.5 Å². The van der Waals surface area contributed by atoms with Gasteiger partial charge in [0.25, 0.3) is 0 Å². The Balaban J connectivity index is 1.47. The molecule has 8 nitrogen and oxygen atoms in total. The van der Waals surface area contributed by atoms with Gasteiger partial charge in [-0.15, -0.1) is 0 Å². The fourth-order valence-corrected chi connectivity index (χ4v) is 4.60. The fraction of sp³-hybridized carbons (Fsp3) is 0.174. The van der Waals surface area contributed by atoms with Crippen molar-refractivity contribution < 1.29 is 13.2 Å². The molecule has 33 heavy (non-hydrogen) atoms. The maximum absolute atomic E-state index is 12.5. The topological polar surface area (TPSA) is 99.0 Å². The number of aromatic nitrogens is 4. The van der Waals surface area contributed by atoms with E-state index in [9.17, 15) is 8.42 Å². The van der Waals surface area contributed by atoms with Gasteiger partial charge in [-0.25, -0.2) is 18.4 Å². The van der Waals surface area contributed by atoms with Crippen molar-refractivity contribution in [2.75, 3.05) is 4.72 Å². The monoisotopic (exact) mass is 483 g/mol. The average molecular weight is 484 g/mol. The Kier molecular flexibility index (Phi) is 6.35. The van der Waals surface area contributed by atoms with E-state index in [1.165, 1.54) is 0 Å². The SMILES string of the molecule is Cc1nc(Oc2ccc(NS(=O)(=O)Cc3cccc(Cl)c3)cc2)cc(-n2cnc(C)c2C)n1. The second kappa shape index (κ2) is 9.21. The number of hydrogen-bond donors (Lipinski definition) is 1. The molecule has 2 aromatic carbocycles. The summed E-state index contributed by atoms with van der Waals surface area (Å²) in [7, 11) is -3.60. The maximum Gasteiger partial charge on any atom is 0.236 e. The molecule has 0 spiro atoms. The van der Waals surface area contributed by atoms with Gasteiger partial charge in [-0.05, 0) is 62.7 Å². The van der Waals surface area contributed by atoms with Crippen LogP contribution < -0.4 is 9.46 Å². The number of imidazole rings is 1. The molecule has 0 saturated carbocycles. The molecular formula is C23H22ClN5O3S. The second-order valence-electron chi connectivity index (χ2n) is 7.51. The maximum atomic E-state index is 12.5. The molecule has 2 heterocycles. The lowest BCUT2D eigenvalue weighted by atomic mass is 10.2. The Morgan fingerprint density at radius 1 is 1.03 bits per heavy atom. The predicted octanol–water partition coefficient (Wildman–Crippen LogP) is 4.98. The van der Waals surface area contributed by atoms with E-state index >= 15 is 0 Å². The van der Waals surface area contributed by atoms with Gasteiger partial charge in [0, 0.05) is 22.5 Å². The van der Waals surface area contributed by atoms with E-state index in [0.29, 0.717) is 39.5 Å². The van der Waals surface area contributed by atoms with E-state index in [1.54, 1.807) is 67.8 Å². The number of sulfonamides is 1. The first-order valence-corrected chi connectivity index (χ1v) is 12.1. The molecule has 0 unspecified atom stereocenters. The lowest BCUT2D eigenvalue weighted by Crippen LogP contribution is -2.15. The van der Waals surface area contributed by atoms with Crippen LogP contribution in [0.25, 0.3) is 5.82 Å². The van der Waals surface area contributed by atoms with E-state index in [4.69, 9.17) is 16.3 Å². The molecule has 0 fully saturated rings. The van der Waals surface area contributed by atoms with Gasteiger partial charge >= 0.3 is 0 Å². The van der Waals surface area contributed by atoms with Gasteiger partial charge in [0.2, 0.25) is 15.9 Å². The Labute approximate surface area is 197 Å². The minimum Gasteiger partial charge on any atom is -0.439 e. The number of benzene rings is 2. The third-order valence-electron chi connectivity index (χ3n) is 4.90. The smallest absolute Gasteiger partial charge is 0.236 e. The van der Waals surface area contributed by atoms with Gasteiger partial charge in [-0.2, -0.15) is 4.98 Å². The van der Waals surface area contributed by atoms with Gasteiger partial charge < -0.3 is 4.74 Å². The molecule has 2 aromatic heterocycles. The molecule has 1 N–H and O–H groups in total. The lowest BCUT2D eigenvalue weighted by molar-refractivity contribution is 0.459. The molecule has 0 saturated heterocycles. The first-order chi connectivity index (χ1) is 15.7. The highest BCUT2D eigenvalue weighted by molar-refractivity contribution is 7.91. The number of ether oxygens (including phenoxy) is 1. The van der Waals surface area contributed by atoms with Crippen LogP contribution in [-0.4, -0.2) is 27.9 Å². The van der Waals surface area contributed by atoms with Crippen molar-refractivity contribution in [2.45, 2.75) is 26.5 Å². The lowest BCUT2D eigenvalue weighted by Gasteiger charge is -2.11. The Bertz CT molecular complexity index is 1400. The van der Waals surface area contributed by atoms with Crippen LogP contribution in [-0.2, 0) is 15.8 Å². The molecule has 4 aromatic rings. The molecule has 0 atom stereocenters. The number of rotatable bonds is 7. The Morgan fingerprint density at radius 3 is 2.45 bits per heavy atom. The number of aryl methyl sites for hydroxylation is 2. The van der Waals surface area contributed by atoms with E-state index < -0.39 is 10.0 Å². The van der Waals surface area contributed by atoms with Crippen LogP contribution >= 0.6 is 11.6 Å². The summed E-state index contributed by atoms with van der Waals surface area (Å²) in [4.78, 5) is 13.1. The molecule has 0 bridgehead atoms. The highest BCUT2D eigenvalue weighted by Crippen LogP contribution is 2.24. The number of nitrogens with one attached hydrogen (secondary N) is 1. The second-order valence-corrected chi connectivity index (χ2v) is 9.67. The van der Waals surface area contributed by atoms with Crippen molar-refractivity contribution in [2.24, 2.45) is 0 Å². The molecular weight excluding hydrogens is 462 g/mol. The fourth-order valence-electron chi connectivity index (χ4n) is 3.20. The van der Waals surface area contributed by atoms with Crippen LogP contribution in [0.15, 0.2) is 60.9 Å². The molecule has 0 aliphatic heterocycles. The van der Waals surface area contributed by atoms with Crippen molar-refractivity contribution in [3.63, 3.8) is 0 Å². The summed E-state index contributed by atoms with van der Waals surface area (Å²) in [6.45, 7) is 5.68. The molecule has 0 aliphatic carbocycles. The zero-order chi connectivity index (χ0) is 23.6. The summed E-state index contributed by atoms with van der Waals surface area (Å²) < 4.78 is 35.3. The Morgan fingerprint density at radius 2 is 1.79 bits per heavy atom. The molecule has 10 heteroatoms. The summed E-state index contributed by atoms with van der Waals surface area (Å²) in [5, 5.41) is 0.491. The molecule has 4 rings (SSSR count). The van der Waals surface area contributed by atoms with Crippen LogP contribution in [0.1, 0.15) is 22.8 Å². The van der Waals surface area contributed by atoms with Crippen LogP contribution in [0.5, 0.6) is 11.6 Å². The van der Waals surface area contributed by atoms with Crippen LogP contribution in [0.2, 0.25) is 5.02 Å². The number of hydrogen-bond acceptors (Lipinski definition) is 6. The summed E-state index contributed by atoms with van der Waals surface area (Å²) in [5.41, 5.74) is 2.93. The summed E-state index contributed by atoms with van der Waals surface area (Å²) >= 11 is 5.94. The van der Waals surface area contributed by atoms with Gasteiger partial charge in [0.15, 0.2) is 0 Å². The normalized spacial score (nSPS) is 11.4. The van der Waals surface area contributed by atoms with E-state index in [1.807, 2.05) is 18.4 Å².